The highest BCUT2D eigenvalue weighted by molar-refractivity contribution is 6.29. The van der Waals surface area contributed by atoms with Crippen LogP contribution in [0.15, 0.2) is 78.9 Å². The molecule has 0 N–H and O–H groups in total. The number of hydrogen-bond acceptors (Lipinski definition) is 0. The quantitative estimate of drug-likeness (QED) is 0.216. The predicted octanol–water partition coefficient (Wildman–Crippen LogP) is 6.69. The second kappa shape index (κ2) is 4.24. The Bertz CT molecular complexity index is 1370. The lowest BCUT2D eigenvalue weighted by atomic mass is 9.90. The molecule has 0 spiro atoms. The molecule has 0 heteroatoms. The van der Waals surface area contributed by atoms with E-state index in [9.17, 15) is 0 Å². The topological polar surface area (TPSA) is 0 Å². The molecule has 1 radical (unpaired) electrons. The Balaban J connectivity index is 1.95. The molecule has 6 aromatic rings. The molecule has 0 aromatic heterocycles. The maximum Gasteiger partial charge on any atom is -0.00134 e. The molecule has 0 fully saturated rings. The normalized spacial score (nSPS) is 12.2. The Kier molecular flexibility index (Phi) is 2.18. The third-order valence-corrected chi connectivity index (χ3v) is 5.22. The molecule has 0 saturated heterocycles. The molecular formula is C24H13. The van der Waals surface area contributed by atoms with Crippen molar-refractivity contribution in [2.75, 3.05) is 0 Å². The first-order valence-corrected chi connectivity index (χ1v) is 8.30. The van der Waals surface area contributed by atoms with Crippen molar-refractivity contribution in [3.8, 4) is 0 Å². The maximum atomic E-state index is 3.66. The highest BCUT2D eigenvalue weighted by Gasteiger charge is 2.11. The summed E-state index contributed by atoms with van der Waals surface area (Å²) in [6, 6.07) is 32.3. The molecule has 0 atom stereocenters. The molecule has 0 amide bonds. The first kappa shape index (κ1) is 12.3. The molecular weight excluding hydrogens is 288 g/mol. The Morgan fingerprint density at radius 2 is 1.17 bits per heavy atom. The summed E-state index contributed by atoms with van der Waals surface area (Å²) in [6.45, 7) is 0. The Morgan fingerprint density at radius 1 is 0.458 bits per heavy atom. The van der Waals surface area contributed by atoms with Crippen LogP contribution in [-0.4, -0.2) is 0 Å². The standard InChI is InChI=1S/C24H13/c1-2-5-18-14-22-20(12-17(18)4-1)13-19-9-8-15-6-3-7-16-10-11-21(22)24(19)23(15)16/h1-12,14H. The number of rotatable bonds is 0. The van der Waals surface area contributed by atoms with E-state index in [4.69, 9.17) is 0 Å². The molecule has 0 aliphatic heterocycles. The summed E-state index contributed by atoms with van der Waals surface area (Å²) in [7, 11) is 0. The third kappa shape index (κ3) is 1.48. The van der Waals surface area contributed by atoms with Crippen LogP contribution in [0.3, 0.4) is 0 Å². The van der Waals surface area contributed by atoms with E-state index in [-0.39, 0.29) is 0 Å². The monoisotopic (exact) mass is 301 g/mol. The van der Waals surface area contributed by atoms with E-state index in [0.29, 0.717) is 0 Å². The van der Waals surface area contributed by atoms with Crippen molar-refractivity contribution in [3.63, 3.8) is 0 Å². The molecule has 109 valence electrons. The number of hydrogen-bond donors (Lipinski definition) is 0. The Morgan fingerprint density at radius 3 is 2.00 bits per heavy atom. The van der Waals surface area contributed by atoms with Gasteiger partial charge in [-0.05, 0) is 72.1 Å². The van der Waals surface area contributed by atoms with Crippen molar-refractivity contribution < 1.29 is 0 Å². The van der Waals surface area contributed by atoms with Gasteiger partial charge in [-0.1, -0.05) is 66.7 Å². The zero-order valence-electron chi connectivity index (χ0n) is 13.0. The van der Waals surface area contributed by atoms with Gasteiger partial charge in [0, 0.05) is 0 Å². The highest BCUT2D eigenvalue weighted by Crippen LogP contribution is 2.39. The van der Waals surface area contributed by atoms with Gasteiger partial charge in [-0.25, -0.2) is 0 Å². The molecule has 0 saturated carbocycles. The lowest BCUT2D eigenvalue weighted by molar-refractivity contribution is 1.78. The summed E-state index contributed by atoms with van der Waals surface area (Å²) in [4.78, 5) is 0. The zero-order chi connectivity index (χ0) is 15.7. The van der Waals surface area contributed by atoms with E-state index >= 15 is 0 Å². The van der Waals surface area contributed by atoms with Crippen molar-refractivity contribution in [1.82, 2.24) is 0 Å². The van der Waals surface area contributed by atoms with Gasteiger partial charge >= 0.3 is 0 Å². The summed E-state index contributed by atoms with van der Waals surface area (Å²) in [6.07, 6.45) is 0. The van der Waals surface area contributed by atoms with Crippen molar-refractivity contribution in [2.45, 2.75) is 0 Å². The molecule has 6 aromatic carbocycles. The van der Waals surface area contributed by atoms with E-state index in [0.717, 1.165) is 0 Å². The molecule has 24 heavy (non-hydrogen) atoms. The van der Waals surface area contributed by atoms with Gasteiger partial charge in [-0.2, -0.15) is 0 Å². The zero-order valence-corrected chi connectivity index (χ0v) is 13.0. The van der Waals surface area contributed by atoms with Crippen LogP contribution in [0, 0.1) is 6.07 Å². The molecule has 0 bridgehead atoms. The maximum absolute atomic E-state index is 3.66. The fraction of sp³-hybridized carbons (Fsp3) is 0. The molecule has 0 aliphatic carbocycles. The van der Waals surface area contributed by atoms with Crippen LogP contribution in [0.2, 0.25) is 0 Å². The Hall–Kier alpha value is -3.12. The second-order valence-electron chi connectivity index (χ2n) is 6.55. The minimum Gasteiger partial charge on any atom is -0.0616 e. The summed E-state index contributed by atoms with van der Waals surface area (Å²) in [5.41, 5.74) is 0. The molecule has 6 rings (SSSR count). The molecule has 0 unspecified atom stereocenters. The van der Waals surface area contributed by atoms with Crippen molar-refractivity contribution in [3.05, 3.63) is 84.9 Å². The second-order valence-corrected chi connectivity index (χ2v) is 6.55. The lowest BCUT2D eigenvalue weighted by Gasteiger charge is -2.13. The summed E-state index contributed by atoms with van der Waals surface area (Å²) in [5.74, 6) is 0. The highest BCUT2D eigenvalue weighted by atomic mass is 14.1. The number of fused-ring (bicyclic) bond motifs is 3. The van der Waals surface area contributed by atoms with E-state index in [1.165, 1.54) is 53.9 Å². The van der Waals surface area contributed by atoms with Gasteiger partial charge in [0.2, 0.25) is 0 Å². The van der Waals surface area contributed by atoms with E-state index in [2.05, 4.69) is 84.9 Å². The summed E-state index contributed by atoms with van der Waals surface area (Å²) < 4.78 is 0. The SMILES string of the molecule is [c]1c2cc3ccccc3cc2c2ccc3cccc4ccc1c2c43. The first-order valence-electron chi connectivity index (χ1n) is 8.30. The predicted molar refractivity (Wildman–Crippen MR) is 104 cm³/mol. The van der Waals surface area contributed by atoms with Crippen LogP contribution >= 0.6 is 0 Å². The summed E-state index contributed by atoms with van der Waals surface area (Å²) in [5, 5.41) is 12.9. The molecule has 0 nitrogen and oxygen atoms in total. The van der Waals surface area contributed by atoms with Gasteiger partial charge in [0.1, 0.15) is 0 Å². The van der Waals surface area contributed by atoms with E-state index < -0.39 is 0 Å². The van der Waals surface area contributed by atoms with Crippen LogP contribution in [0.25, 0.3) is 53.9 Å². The van der Waals surface area contributed by atoms with E-state index in [1.54, 1.807) is 0 Å². The van der Waals surface area contributed by atoms with Crippen LogP contribution in [0.1, 0.15) is 0 Å². The summed E-state index contributed by atoms with van der Waals surface area (Å²) >= 11 is 0. The van der Waals surface area contributed by atoms with Crippen LogP contribution < -0.4 is 0 Å². The fourth-order valence-electron chi connectivity index (χ4n) is 4.12. The fourth-order valence-corrected chi connectivity index (χ4v) is 4.12. The minimum absolute atomic E-state index is 1.19. The van der Waals surface area contributed by atoms with Gasteiger partial charge in [-0.3, -0.25) is 0 Å². The van der Waals surface area contributed by atoms with Crippen molar-refractivity contribution in [2.24, 2.45) is 0 Å². The van der Waals surface area contributed by atoms with E-state index in [1.807, 2.05) is 0 Å². The van der Waals surface area contributed by atoms with Crippen molar-refractivity contribution >= 4 is 53.9 Å². The third-order valence-electron chi connectivity index (χ3n) is 5.22. The molecule has 0 aliphatic rings. The average Bonchev–Trinajstić information content (AvgIpc) is 2.64. The lowest BCUT2D eigenvalue weighted by Crippen LogP contribution is -1.86. The van der Waals surface area contributed by atoms with Gasteiger partial charge in [0.05, 0.1) is 0 Å². The van der Waals surface area contributed by atoms with Crippen LogP contribution in [0.5, 0.6) is 0 Å². The van der Waals surface area contributed by atoms with Gasteiger partial charge in [-0.15, -0.1) is 0 Å². The minimum atomic E-state index is 1.19. The first-order chi connectivity index (χ1) is 11.9. The van der Waals surface area contributed by atoms with Gasteiger partial charge < -0.3 is 0 Å². The van der Waals surface area contributed by atoms with Gasteiger partial charge in [0.25, 0.3) is 0 Å². The van der Waals surface area contributed by atoms with Crippen LogP contribution in [-0.2, 0) is 0 Å². The van der Waals surface area contributed by atoms with Gasteiger partial charge in [0.15, 0.2) is 0 Å². The van der Waals surface area contributed by atoms with Crippen molar-refractivity contribution in [1.29, 1.82) is 0 Å². The molecule has 0 heterocycles. The van der Waals surface area contributed by atoms with Crippen LogP contribution in [0.4, 0.5) is 0 Å². The Labute approximate surface area is 139 Å². The number of benzene rings is 6. The smallest absolute Gasteiger partial charge is 0.00134 e. The average molecular weight is 301 g/mol. The largest absolute Gasteiger partial charge is 0.0616 e.